The van der Waals surface area contributed by atoms with Crippen molar-refractivity contribution in [1.82, 2.24) is 15.2 Å². The molecule has 1 N–H and O–H groups in total. The van der Waals surface area contributed by atoms with E-state index in [-0.39, 0.29) is 22.3 Å². The fourth-order valence-electron chi connectivity index (χ4n) is 3.77. The van der Waals surface area contributed by atoms with Gasteiger partial charge in [-0.2, -0.15) is 0 Å². The minimum Gasteiger partial charge on any atom is -0.507 e. The van der Waals surface area contributed by atoms with E-state index >= 15 is 0 Å². The Bertz CT molecular complexity index is 1480. The van der Waals surface area contributed by atoms with Gasteiger partial charge in [0.15, 0.2) is 4.34 Å². The number of hydrogen-bond acceptors (Lipinski definition) is 8. The van der Waals surface area contributed by atoms with Crippen LogP contribution < -0.4 is 4.90 Å². The van der Waals surface area contributed by atoms with Crippen LogP contribution in [0.5, 0.6) is 0 Å². The average molecular weight is 539 g/mol. The van der Waals surface area contributed by atoms with Crippen LogP contribution in [0, 0.1) is 5.82 Å². The number of Topliss-reactive ketones (excluding diaryl/α,β-unsaturated/α-hetero) is 1. The summed E-state index contributed by atoms with van der Waals surface area (Å²) in [4.78, 5) is 31.5. The van der Waals surface area contributed by atoms with E-state index < -0.39 is 17.7 Å². The van der Waals surface area contributed by atoms with Crippen molar-refractivity contribution >= 4 is 57.3 Å². The van der Waals surface area contributed by atoms with Gasteiger partial charge in [0.05, 0.1) is 11.6 Å². The highest BCUT2D eigenvalue weighted by atomic mass is 35.5. The largest absolute Gasteiger partial charge is 0.507 e. The number of ketones is 1. The highest BCUT2D eigenvalue weighted by Crippen LogP contribution is 2.44. The van der Waals surface area contributed by atoms with E-state index in [1.54, 1.807) is 54.6 Å². The van der Waals surface area contributed by atoms with Gasteiger partial charge in [-0.1, -0.05) is 65.0 Å². The summed E-state index contributed by atoms with van der Waals surface area (Å²) in [6.07, 6.45) is 2.96. The zero-order valence-corrected chi connectivity index (χ0v) is 20.7. The third-order valence-corrected chi connectivity index (χ3v) is 7.85. The van der Waals surface area contributed by atoms with Crippen molar-refractivity contribution in [2.45, 2.75) is 16.1 Å². The Labute approximate surface area is 218 Å². The number of aliphatic hydroxyl groups excluding tert-OH is 1. The molecule has 1 aliphatic rings. The van der Waals surface area contributed by atoms with Gasteiger partial charge in [-0.15, -0.1) is 10.2 Å². The van der Waals surface area contributed by atoms with Gasteiger partial charge >= 0.3 is 5.91 Å². The summed E-state index contributed by atoms with van der Waals surface area (Å²) >= 11 is 8.43. The Morgan fingerprint density at radius 3 is 2.50 bits per heavy atom. The molecule has 0 bridgehead atoms. The van der Waals surface area contributed by atoms with Crippen LogP contribution in [0.15, 0.2) is 83.0 Å². The molecule has 36 heavy (non-hydrogen) atoms. The van der Waals surface area contributed by atoms with Gasteiger partial charge < -0.3 is 5.11 Å². The number of aromatic nitrogens is 3. The molecule has 1 amide bonds. The first-order chi connectivity index (χ1) is 17.4. The van der Waals surface area contributed by atoms with Crippen LogP contribution in [0.1, 0.15) is 22.7 Å². The van der Waals surface area contributed by atoms with Crippen molar-refractivity contribution in [3.05, 3.63) is 106 Å². The lowest BCUT2D eigenvalue weighted by atomic mass is 9.96. The Balaban J connectivity index is 1.54. The maximum absolute atomic E-state index is 14.0. The third kappa shape index (κ3) is 4.62. The number of amides is 1. The number of pyridine rings is 1. The van der Waals surface area contributed by atoms with E-state index in [1.165, 1.54) is 35.1 Å². The first-order valence-corrected chi connectivity index (χ1v) is 12.8. The lowest BCUT2D eigenvalue weighted by Gasteiger charge is -2.22. The second-order valence-electron chi connectivity index (χ2n) is 7.69. The summed E-state index contributed by atoms with van der Waals surface area (Å²) in [5.41, 5.74) is 1.34. The van der Waals surface area contributed by atoms with E-state index in [9.17, 15) is 19.1 Å². The molecule has 1 unspecified atom stereocenters. The number of carbonyl (C=O) groups is 2. The zero-order chi connectivity index (χ0) is 25.2. The van der Waals surface area contributed by atoms with Crippen LogP contribution in [0.2, 0.25) is 5.02 Å². The fraction of sp³-hybridized carbons (Fsp3) is 0.0800. The van der Waals surface area contributed by atoms with Gasteiger partial charge in [0.25, 0.3) is 5.78 Å². The lowest BCUT2D eigenvalue weighted by Crippen LogP contribution is -2.29. The summed E-state index contributed by atoms with van der Waals surface area (Å²) in [6, 6.07) is 15.2. The number of carbonyl (C=O) groups excluding carboxylic acids is 2. The molecule has 1 saturated heterocycles. The molecule has 0 saturated carbocycles. The van der Waals surface area contributed by atoms with E-state index in [0.717, 1.165) is 11.3 Å². The monoisotopic (exact) mass is 538 g/mol. The average Bonchev–Trinajstić information content (AvgIpc) is 3.46. The minimum absolute atomic E-state index is 0.0794. The molecule has 0 spiro atoms. The normalized spacial score (nSPS) is 17.1. The molecule has 1 aliphatic heterocycles. The number of anilines is 1. The molecular weight excluding hydrogens is 523 g/mol. The summed E-state index contributed by atoms with van der Waals surface area (Å²) in [6.45, 7) is 0. The molecule has 1 atom stereocenters. The van der Waals surface area contributed by atoms with E-state index in [2.05, 4.69) is 15.2 Å². The van der Waals surface area contributed by atoms with E-state index in [4.69, 9.17) is 11.6 Å². The van der Waals surface area contributed by atoms with Crippen molar-refractivity contribution in [3.63, 3.8) is 0 Å². The van der Waals surface area contributed by atoms with Crippen LogP contribution in [0.25, 0.3) is 5.76 Å². The molecule has 5 rings (SSSR count). The predicted molar refractivity (Wildman–Crippen MR) is 136 cm³/mol. The van der Waals surface area contributed by atoms with Crippen molar-refractivity contribution in [3.8, 4) is 0 Å². The molecule has 11 heteroatoms. The number of halogens is 2. The van der Waals surface area contributed by atoms with Gasteiger partial charge in [-0.3, -0.25) is 19.5 Å². The quantitative estimate of drug-likeness (QED) is 0.111. The molecule has 1 fully saturated rings. The number of thioether (sulfide) groups is 1. The Morgan fingerprint density at radius 1 is 1.06 bits per heavy atom. The highest BCUT2D eigenvalue weighted by molar-refractivity contribution is 8.00. The first-order valence-electron chi connectivity index (χ1n) is 10.6. The van der Waals surface area contributed by atoms with Crippen LogP contribution in [-0.4, -0.2) is 32.0 Å². The Morgan fingerprint density at radius 2 is 1.78 bits per heavy atom. The molecule has 3 heterocycles. The summed E-state index contributed by atoms with van der Waals surface area (Å²) in [7, 11) is 0. The molecule has 0 aliphatic carbocycles. The van der Waals surface area contributed by atoms with Gasteiger partial charge in [0.2, 0.25) is 5.13 Å². The Kier molecular flexibility index (Phi) is 6.82. The van der Waals surface area contributed by atoms with Crippen molar-refractivity contribution in [1.29, 1.82) is 0 Å². The number of rotatable bonds is 6. The van der Waals surface area contributed by atoms with Crippen molar-refractivity contribution in [2.75, 3.05) is 4.90 Å². The summed E-state index contributed by atoms with van der Waals surface area (Å²) < 4.78 is 14.5. The fourth-order valence-corrected chi connectivity index (χ4v) is 5.75. The minimum atomic E-state index is -0.951. The molecule has 2 aromatic heterocycles. The molecule has 7 nitrogen and oxygen atoms in total. The predicted octanol–water partition coefficient (Wildman–Crippen LogP) is 5.64. The zero-order valence-electron chi connectivity index (χ0n) is 18.3. The van der Waals surface area contributed by atoms with Gasteiger partial charge in [-0.05, 0) is 41.5 Å². The molecular formula is C25H16ClFN4O3S2. The smallest absolute Gasteiger partial charge is 0.301 e. The SMILES string of the molecule is O=C1C(=O)N(c2nnc(SCc3ccccc3F)s2)C(c2ccc(Cl)cc2)C1=C(O)c1ccncc1. The number of nitrogens with zero attached hydrogens (tertiary/aromatic N) is 4. The summed E-state index contributed by atoms with van der Waals surface area (Å²) in [5.74, 6) is -2.01. The van der Waals surface area contributed by atoms with Crippen LogP contribution in [0.3, 0.4) is 0 Å². The topological polar surface area (TPSA) is 96.3 Å². The van der Waals surface area contributed by atoms with Crippen molar-refractivity contribution in [2.24, 2.45) is 0 Å². The van der Waals surface area contributed by atoms with Gasteiger partial charge in [-0.25, -0.2) is 4.39 Å². The highest BCUT2D eigenvalue weighted by Gasteiger charge is 2.48. The Hall–Kier alpha value is -3.60. The molecule has 0 radical (unpaired) electrons. The molecule has 4 aromatic rings. The maximum Gasteiger partial charge on any atom is 0.301 e. The van der Waals surface area contributed by atoms with Crippen LogP contribution >= 0.6 is 34.7 Å². The molecule has 180 valence electrons. The van der Waals surface area contributed by atoms with Crippen LogP contribution in [-0.2, 0) is 15.3 Å². The molecule has 2 aromatic carbocycles. The lowest BCUT2D eigenvalue weighted by molar-refractivity contribution is -0.132. The van der Waals surface area contributed by atoms with Crippen molar-refractivity contribution < 1.29 is 19.1 Å². The second kappa shape index (κ2) is 10.2. The standard InChI is InChI=1S/C25H16ClFN4O3S2/c26-17-7-5-14(6-8-17)20-19(21(32)15-9-11-28-12-10-15)22(33)23(34)31(20)24-29-30-25(36-24)35-13-16-3-1-2-4-18(16)27/h1-12,20,32H,13H2. The first kappa shape index (κ1) is 24.1. The van der Waals surface area contributed by atoms with Gasteiger partial charge in [0, 0.05) is 28.7 Å². The maximum atomic E-state index is 14.0. The van der Waals surface area contributed by atoms with Gasteiger partial charge in [0.1, 0.15) is 11.6 Å². The number of benzene rings is 2. The van der Waals surface area contributed by atoms with E-state index in [1.807, 2.05) is 0 Å². The van der Waals surface area contributed by atoms with Crippen LogP contribution in [0.4, 0.5) is 9.52 Å². The number of aliphatic hydroxyl groups is 1. The second-order valence-corrected chi connectivity index (χ2v) is 10.3. The summed E-state index contributed by atoms with van der Waals surface area (Å²) in [5, 5.41) is 20.0. The van der Waals surface area contributed by atoms with E-state index in [0.29, 0.717) is 31.8 Å². The third-order valence-electron chi connectivity index (χ3n) is 5.49. The number of hydrogen-bond donors (Lipinski definition) is 1.